The number of rotatable bonds is 6. The molecule has 2 aromatic rings. The van der Waals surface area contributed by atoms with Crippen LogP contribution in [0.5, 0.6) is 5.75 Å². The molecule has 3 aliphatic rings. The van der Waals surface area contributed by atoms with Crippen LogP contribution >= 0.6 is 0 Å². The predicted octanol–water partition coefficient (Wildman–Crippen LogP) is 4.20. The Kier molecular flexibility index (Phi) is 6.00. The number of piperidine rings is 1. The van der Waals surface area contributed by atoms with Gasteiger partial charge in [0.1, 0.15) is 0 Å². The monoisotopic (exact) mass is 479 g/mol. The van der Waals surface area contributed by atoms with Crippen LogP contribution < -0.4 is 10.5 Å². The molecule has 4 atom stereocenters. The van der Waals surface area contributed by atoms with Gasteiger partial charge in [0.05, 0.1) is 5.69 Å². The number of aliphatic hydroxyl groups excluding tert-OH is 1. The molecule has 0 radical (unpaired) electrons. The fourth-order valence-electron chi connectivity index (χ4n) is 6.06. The number of nitrogens with two attached hydrogens (primary N) is 1. The minimum absolute atomic E-state index is 0.131. The van der Waals surface area contributed by atoms with Crippen molar-refractivity contribution in [3.8, 4) is 17.0 Å². The standard InChI is InChI=1S/C24H32F3N5O2/c1-13(2)32-20(10-19(30-32)15-7-21(23(28)29-11-15)34-24(25,26)27)22-17-8-16(9-18(17)22)31-5-3-14(12-33)4-6-31/h7,10-11,13-14,16-18,22,33H,3-6,8-9,12H2,1-2H3,(H2,28,29)/t16-,17+,18-,22-. The van der Waals surface area contributed by atoms with Crippen molar-refractivity contribution < 1.29 is 23.0 Å². The molecule has 3 heterocycles. The van der Waals surface area contributed by atoms with E-state index in [2.05, 4.69) is 28.5 Å². The van der Waals surface area contributed by atoms with Crippen molar-refractivity contribution in [1.82, 2.24) is 19.7 Å². The van der Waals surface area contributed by atoms with Gasteiger partial charge in [-0.25, -0.2) is 4.98 Å². The first-order valence-electron chi connectivity index (χ1n) is 12.1. The average Bonchev–Trinajstić information content (AvgIpc) is 3.14. The smallest absolute Gasteiger partial charge is 0.402 e. The fourth-order valence-corrected chi connectivity index (χ4v) is 6.06. The molecule has 186 valence electrons. The highest BCUT2D eigenvalue weighted by molar-refractivity contribution is 5.64. The van der Waals surface area contributed by atoms with E-state index in [1.165, 1.54) is 25.1 Å². The van der Waals surface area contributed by atoms with Gasteiger partial charge in [0, 0.05) is 42.1 Å². The van der Waals surface area contributed by atoms with E-state index in [-0.39, 0.29) is 11.9 Å². The molecule has 0 bridgehead atoms. The van der Waals surface area contributed by atoms with Gasteiger partial charge in [-0.1, -0.05) is 0 Å². The van der Waals surface area contributed by atoms with Crippen LogP contribution in [0.4, 0.5) is 19.0 Å². The lowest BCUT2D eigenvalue weighted by atomic mass is 9.94. The number of fused-ring (bicyclic) bond motifs is 1. The largest absolute Gasteiger partial charge is 0.573 e. The number of aliphatic hydroxyl groups is 1. The van der Waals surface area contributed by atoms with Crippen LogP contribution in [0.25, 0.3) is 11.3 Å². The second-order valence-electron chi connectivity index (χ2n) is 10.3. The molecule has 2 aliphatic carbocycles. The number of hydrogen-bond donors (Lipinski definition) is 2. The SMILES string of the molecule is CC(C)n1nc(-c2cnc(N)c(OC(F)(F)F)c2)cc1[C@H]1[C@@H]2C[C@H](N3CCC(CO)CC3)C[C@@H]21. The first kappa shape index (κ1) is 23.4. The molecule has 10 heteroatoms. The van der Waals surface area contributed by atoms with Crippen LogP contribution in [0.15, 0.2) is 18.3 Å². The van der Waals surface area contributed by atoms with Gasteiger partial charge in [0.25, 0.3) is 0 Å². The predicted molar refractivity (Wildman–Crippen MR) is 121 cm³/mol. The van der Waals surface area contributed by atoms with Crippen molar-refractivity contribution in [2.75, 3.05) is 25.4 Å². The Morgan fingerprint density at radius 2 is 1.85 bits per heavy atom. The molecule has 1 aliphatic heterocycles. The molecule has 0 amide bonds. The minimum atomic E-state index is -4.84. The topological polar surface area (TPSA) is 89.4 Å². The summed E-state index contributed by atoms with van der Waals surface area (Å²) >= 11 is 0. The second kappa shape index (κ2) is 8.71. The zero-order chi connectivity index (χ0) is 24.2. The summed E-state index contributed by atoms with van der Waals surface area (Å²) < 4.78 is 44.3. The second-order valence-corrected chi connectivity index (χ2v) is 10.3. The average molecular weight is 480 g/mol. The summed E-state index contributed by atoms with van der Waals surface area (Å²) in [7, 11) is 0. The van der Waals surface area contributed by atoms with Gasteiger partial charge in [-0.15, -0.1) is 13.2 Å². The highest BCUT2D eigenvalue weighted by atomic mass is 19.4. The molecule has 5 rings (SSSR count). The Morgan fingerprint density at radius 1 is 1.18 bits per heavy atom. The van der Waals surface area contributed by atoms with Crippen LogP contribution in [-0.2, 0) is 0 Å². The van der Waals surface area contributed by atoms with Gasteiger partial charge in [0.15, 0.2) is 11.6 Å². The number of aromatic nitrogens is 3. The molecule has 3 N–H and O–H groups in total. The Balaban J connectivity index is 1.32. The Labute approximate surface area is 197 Å². The molecule has 34 heavy (non-hydrogen) atoms. The molecular weight excluding hydrogens is 447 g/mol. The van der Waals surface area contributed by atoms with Crippen molar-refractivity contribution in [2.45, 2.75) is 63.9 Å². The number of likely N-dealkylation sites (tertiary alicyclic amines) is 1. The maximum absolute atomic E-state index is 12.7. The van der Waals surface area contributed by atoms with Crippen LogP contribution in [0.2, 0.25) is 0 Å². The quantitative estimate of drug-likeness (QED) is 0.646. The third kappa shape index (κ3) is 4.49. The molecule has 3 fully saturated rings. The lowest BCUT2D eigenvalue weighted by Gasteiger charge is -2.36. The first-order chi connectivity index (χ1) is 16.1. The molecule has 7 nitrogen and oxygen atoms in total. The summed E-state index contributed by atoms with van der Waals surface area (Å²) in [5, 5.41) is 14.1. The zero-order valence-corrected chi connectivity index (χ0v) is 19.5. The Hall–Kier alpha value is -2.33. The van der Waals surface area contributed by atoms with E-state index >= 15 is 0 Å². The minimum Gasteiger partial charge on any atom is -0.402 e. The molecular formula is C24H32F3N5O2. The van der Waals surface area contributed by atoms with Crippen molar-refractivity contribution in [3.05, 3.63) is 24.0 Å². The number of hydrogen-bond acceptors (Lipinski definition) is 6. The van der Waals surface area contributed by atoms with Crippen LogP contribution in [0.1, 0.15) is 57.2 Å². The molecule has 0 aromatic carbocycles. The van der Waals surface area contributed by atoms with E-state index in [1.54, 1.807) is 0 Å². The van der Waals surface area contributed by atoms with Gasteiger partial charge in [-0.2, -0.15) is 5.10 Å². The molecule has 0 spiro atoms. The number of pyridine rings is 1. The van der Waals surface area contributed by atoms with E-state index in [9.17, 15) is 18.3 Å². The summed E-state index contributed by atoms with van der Waals surface area (Å²) in [6.45, 7) is 6.56. The molecule has 2 saturated carbocycles. The van der Waals surface area contributed by atoms with E-state index < -0.39 is 12.1 Å². The van der Waals surface area contributed by atoms with Crippen LogP contribution in [0.3, 0.4) is 0 Å². The summed E-state index contributed by atoms with van der Waals surface area (Å²) in [4.78, 5) is 6.50. The zero-order valence-electron chi connectivity index (χ0n) is 19.5. The highest BCUT2D eigenvalue weighted by Crippen LogP contribution is 2.64. The molecule has 1 saturated heterocycles. The van der Waals surface area contributed by atoms with E-state index in [4.69, 9.17) is 10.8 Å². The molecule has 2 aromatic heterocycles. The van der Waals surface area contributed by atoms with Gasteiger partial charge in [-0.05, 0) is 82.5 Å². The van der Waals surface area contributed by atoms with Gasteiger partial charge in [-0.3, -0.25) is 4.68 Å². The third-order valence-corrected chi connectivity index (χ3v) is 7.84. The summed E-state index contributed by atoms with van der Waals surface area (Å²) in [6.07, 6.45) is 1.09. The number of alkyl halides is 3. The Morgan fingerprint density at radius 3 is 2.44 bits per heavy atom. The maximum atomic E-state index is 12.7. The van der Waals surface area contributed by atoms with E-state index in [0.29, 0.717) is 47.6 Å². The number of halogens is 3. The summed E-state index contributed by atoms with van der Waals surface area (Å²) in [6, 6.07) is 4.00. The van der Waals surface area contributed by atoms with Crippen LogP contribution in [0, 0.1) is 17.8 Å². The molecule has 0 unspecified atom stereocenters. The van der Waals surface area contributed by atoms with Gasteiger partial charge >= 0.3 is 6.36 Å². The number of nitrogen functional groups attached to an aromatic ring is 1. The lowest BCUT2D eigenvalue weighted by molar-refractivity contribution is -0.274. The Bertz CT molecular complexity index is 1020. The van der Waals surface area contributed by atoms with Gasteiger partial charge < -0.3 is 20.5 Å². The first-order valence-corrected chi connectivity index (χ1v) is 12.1. The highest BCUT2D eigenvalue weighted by Gasteiger charge is 2.58. The van der Waals surface area contributed by atoms with Crippen LogP contribution in [-0.4, -0.2) is 56.9 Å². The van der Waals surface area contributed by atoms with Crippen molar-refractivity contribution >= 4 is 5.82 Å². The number of nitrogens with zero attached hydrogens (tertiary/aromatic N) is 4. The number of anilines is 1. The van der Waals surface area contributed by atoms with E-state index in [1.807, 2.05) is 10.7 Å². The normalized spacial score (nSPS) is 27.9. The summed E-state index contributed by atoms with van der Waals surface area (Å²) in [5.74, 6) is 1.30. The third-order valence-electron chi connectivity index (χ3n) is 7.84. The van der Waals surface area contributed by atoms with E-state index in [0.717, 1.165) is 31.6 Å². The van der Waals surface area contributed by atoms with Crippen molar-refractivity contribution in [3.63, 3.8) is 0 Å². The summed E-state index contributed by atoms with van der Waals surface area (Å²) in [5.41, 5.74) is 7.76. The lowest BCUT2D eigenvalue weighted by Crippen LogP contribution is -2.41. The fraction of sp³-hybridized carbons (Fsp3) is 0.667. The van der Waals surface area contributed by atoms with Crippen molar-refractivity contribution in [1.29, 1.82) is 0 Å². The van der Waals surface area contributed by atoms with Crippen molar-refractivity contribution in [2.24, 2.45) is 17.8 Å². The maximum Gasteiger partial charge on any atom is 0.573 e. The van der Waals surface area contributed by atoms with Gasteiger partial charge in [0.2, 0.25) is 0 Å². The number of ether oxygens (including phenoxy) is 1.